The highest BCUT2D eigenvalue weighted by atomic mass is 16.6. The number of fused-ring (bicyclic) bond motifs is 4. The van der Waals surface area contributed by atoms with Gasteiger partial charge in [0, 0.05) is 43.4 Å². The third kappa shape index (κ3) is 5.99. The molecular weight excluding hydrogens is 584 g/mol. The van der Waals surface area contributed by atoms with Gasteiger partial charge in [0.25, 0.3) is 5.91 Å². The molecule has 2 aliphatic heterocycles. The Morgan fingerprint density at radius 1 is 0.891 bits per heavy atom. The van der Waals surface area contributed by atoms with Crippen molar-refractivity contribution in [1.82, 2.24) is 9.80 Å². The van der Waals surface area contributed by atoms with E-state index in [1.165, 1.54) is 17.0 Å². The van der Waals surface area contributed by atoms with Crippen molar-refractivity contribution in [1.29, 1.82) is 0 Å². The summed E-state index contributed by atoms with van der Waals surface area (Å²) in [6.45, 7) is 6.96. The number of carbonyl (C=O) groups is 4. The zero-order valence-electron chi connectivity index (χ0n) is 26.3. The lowest BCUT2D eigenvalue weighted by atomic mass is 9.98. The van der Waals surface area contributed by atoms with Crippen LogP contribution in [0.2, 0.25) is 0 Å². The second kappa shape index (κ2) is 12.8. The molecular formula is C36H38N4O6. The molecule has 6 rings (SSSR count). The number of carboxylic acid groups (broad SMARTS) is 1. The fourth-order valence-corrected chi connectivity index (χ4v) is 6.67. The fraction of sp³-hybridized carbons (Fsp3) is 0.361. The largest absolute Gasteiger partial charge is 0.478 e. The standard InChI is InChI=1S/C36H38N4O6/c1-22(2)18-31-34(42)40(32-19-24(35(43)44)12-13-25(32)23(3)37-31)20-33(41)38-14-16-39(17-15-38)36(45)46-21-30-28-10-6-4-8-26(28)27-9-5-7-11-29(27)30/h4-13,19,22,30-31H,14-18,20-21H2,1-3H3,(H,43,44)/t31-/m1/s1. The summed E-state index contributed by atoms with van der Waals surface area (Å²) in [4.78, 5) is 61.6. The second-order valence-electron chi connectivity index (χ2n) is 12.5. The van der Waals surface area contributed by atoms with Gasteiger partial charge >= 0.3 is 12.1 Å². The van der Waals surface area contributed by atoms with E-state index >= 15 is 0 Å². The Balaban J connectivity index is 1.11. The van der Waals surface area contributed by atoms with Crippen molar-refractivity contribution in [3.63, 3.8) is 0 Å². The van der Waals surface area contributed by atoms with Gasteiger partial charge in [0.15, 0.2) is 0 Å². The Hall–Kier alpha value is -4.99. The van der Waals surface area contributed by atoms with Gasteiger partial charge in [0.05, 0.1) is 11.3 Å². The monoisotopic (exact) mass is 622 g/mol. The number of aliphatic imine (C=N–C) groups is 1. The molecule has 10 nitrogen and oxygen atoms in total. The van der Waals surface area contributed by atoms with E-state index in [0.29, 0.717) is 36.5 Å². The number of nitrogens with zero attached hydrogens (tertiary/aromatic N) is 4. The molecule has 0 spiro atoms. The number of amides is 3. The molecule has 46 heavy (non-hydrogen) atoms. The average molecular weight is 623 g/mol. The zero-order valence-corrected chi connectivity index (χ0v) is 26.3. The van der Waals surface area contributed by atoms with Gasteiger partial charge in [0.2, 0.25) is 5.91 Å². The lowest BCUT2D eigenvalue weighted by molar-refractivity contribution is -0.133. The Morgan fingerprint density at radius 2 is 1.50 bits per heavy atom. The van der Waals surface area contributed by atoms with Crippen LogP contribution < -0.4 is 4.90 Å². The highest BCUT2D eigenvalue weighted by molar-refractivity contribution is 6.14. The Kier molecular flexibility index (Phi) is 8.62. The minimum atomic E-state index is -1.12. The SMILES string of the molecule is CC1=N[C@H](CC(C)C)C(=O)N(CC(=O)N2CCN(C(=O)OCC3c4ccccc4-c4ccccc43)CC2)c2cc(C(=O)O)ccc21. The molecule has 238 valence electrons. The third-order valence-electron chi connectivity index (χ3n) is 9.04. The predicted molar refractivity (Wildman–Crippen MR) is 174 cm³/mol. The average Bonchev–Trinajstić information content (AvgIpc) is 3.34. The van der Waals surface area contributed by atoms with E-state index < -0.39 is 18.1 Å². The van der Waals surface area contributed by atoms with Crippen LogP contribution in [0, 0.1) is 5.92 Å². The summed E-state index contributed by atoms with van der Waals surface area (Å²) in [6, 6.07) is 20.2. The molecule has 3 aromatic rings. The molecule has 0 saturated carbocycles. The van der Waals surface area contributed by atoms with E-state index in [2.05, 4.69) is 29.3 Å². The van der Waals surface area contributed by atoms with Crippen molar-refractivity contribution in [3.8, 4) is 11.1 Å². The summed E-state index contributed by atoms with van der Waals surface area (Å²) in [5.41, 5.74) is 6.24. The van der Waals surface area contributed by atoms with Gasteiger partial charge in [-0.1, -0.05) is 68.4 Å². The number of benzodiazepines with no additional fused rings is 1. The van der Waals surface area contributed by atoms with Gasteiger partial charge in [-0.15, -0.1) is 0 Å². The molecule has 0 unspecified atom stereocenters. The summed E-state index contributed by atoms with van der Waals surface area (Å²) >= 11 is 0. The highest BCUT2D eigenvalue weighted by Crippen LogP contribution is 2.44. The molecule has 2 heterocycles. The van der Waals surface area contributed by atoms with Crippen molar-refractivity contribution in [2.45, 2.75) is 39.2 Å². The van der Waals surface area contributed by atoms with Crippen LogP contribution in [0.25, 0.3) is 11.1 Å². The van der Waals surface area contributed by atoms with Crippen LogP contribution in [-0.4, -0.2) is 89.9 Å². The first-order chi connectivity index (χ1) is 22.1. The number of benzene rings is 3. The Bertz CT molecular complexity index is 1680. The number of carbonyl (C=O) groups excluding carboxylic acids is 3. The second-order valence-corrected chi connectivity index (χ2v) is 12.5. The molecule has 1 fully saturated rings. The molecule has 3 aromatic carbocycles. The maximum absolute atomic E-state index is 13.8. The van der Waals surface area contributed by atoms with Gasteiger partial charge in [-0.2, -0.15) is 0 Å². The molecule has 3 amide bonds. The van der Waals surface area contributed by atoms with E-state index in [1.807, 2.05) is 38.1 Å². The molecule has 3 aliphatic rings. The third-order valence-corrected chi connectivity index (χ3v) is 9.04. The normalized spacial score (nSPS) is 17.7. The van der Waals surface area contributed by atoms with Crippen LogP contribution in [0.1, 0.15) is 60.2 Å². The predicted octanol–water partition coefficient (Wildman–Crippen LogP) is 5.05. The van der Waals surface area contributed by atoms with E-state index in [9.17, 15) is 24.3 Å². The van der Waals surface area contributed by atoms with E-state index in [-0.39, 0.29) is 55.5 Å². The van der Waals surface area contributed by atoms with Crippen molar-refractivity contribution < 1.29 is 29.0 Å². The van der Waals surface area contributed by atoms with E-state index in [4.69, 9.17) is 4.74 Å². The van der Waals surface area contributed by atoms with Crippen molar-refractivity contribution in [2.75, 3.05) is 44.2 Å². The first-order valence-corrected chi connectivity index (χ1v) is 15.7. The zero-order chi connectivity index (χ0) is 32.5. The quantitative estimate of drug-likeness (QED) is 0.394. The van der Waals surface area contributed by atoms with E-state index in [0.717, 1.165) is 22.3 Å². The molecule has 0 bridgehead atoms. The van der Waals surface area contributed by atoms with Crippen LogP contribution in [0.4, 0.5) is 10.5 Å². The van der Waals surface area contributed by atoms with E-state index in [1.54, 1.807) is 22.8 Å². The number of hydrogen-bond acceptors (Lipinski definition) is 6. The van der Waals surface area contributed by atoms with Gasteiger partial charge in [-0.05, 0) is 53.6 Å². The van der Waals surface area contributed by atoms with Crippen LogP contribution in [0.15, 0.2) is 71.7 Å². The van der Waals surface area contributed by atoms with Crippen LogP contribution in [-0.2, 0) is 14.3 Å². The van der Waals surface area contributed by atoms with Crippen LogP contribution in [0.5, 0.6) is 0 Å². The van der Waals surface area contributed by atoms with Gasteiger partial charge in [0.1, 0.15) is 19.2 Å². The number of ether oxygens (including phenoxy) is 1. The maximum atomic E-state index is 13.8. The minimum Gasteiger partial charge on any atom is -0.478 e. The summed E-state index contributed by atoms with van der Waals surface area (Å²) in [7, 11) is 0. The number of rotatable bonds is 7. The summed E-state index contributed by atoms with van der Waals surface area (Å²) in [6.07, 6.45) is 0.0790. The topological polar surface area (TPSA) is 120 Å². The number of anilines is 1. The van der Waals surface area contributed by atoms with Crippen molar-refractivity contribution >= 4 is 35.3 Å². The first-order valence-electron chi connectivity index (χ1n) is 15.7. The summed E-state index contributed by atoms with van der Waals surface area (Å²) in [5.74, 6) is -1.59. The van der Waals surface area contributed by atoms with Crippen molar-refractivity contribution in [3.05, 3.63) is 89.0 Å². The fourth-order valence-electron chi connectivity index (χ4n) is 6.67. The lowest BCUT2D eigenvalue weighted by Crippen LogP contribution is -2.54. The number of carboxylic acids is 1. The molecule has 1 N–H and O–H groups in total. The molecule has 0 aromatic heterocycles. The molecule has 10 heteroatoms. The van der Waals surface area contributed by atoms with Crippen LogP contribution in [0.3, 0.4) is 0 Å². The summed E-state index contributed by atoms with van der Waals surface area (Å²) in [5, 5.41) is 9.64. The lowest BCUT2D eigenvalue weighted by Gasteiger charge is -2.35. The minimum absolute atomic E-state index is 0.0239. The molecule has 0 radical (unpaired) electrons. The molecule has 1 saturated heterocycles. The van der Waals surface area contributed by atoms with Gasteiger partial charge < -0.3 is 24.5 Å². The first kappa shape index (κ1) is 31.0. The maximum Gasteiger partial charge on any atom is 0.409 e. The number of aromatic carboxylic acids is 1. The van der Waals surface area contributed by atoms with Crippen LogP contribution >= 0.6 is 0 Å². The van der Waals surface area contributed by atoms with Gasteiger partial charge in [-0.25, -0.2) is 9.59 Å². The Labute approximate surface area is 268 Å². The van der Waals surface area contributed by atoms with Gasteiger partial charge in [-0.3, -0.25) is 14.6 Å². The smallest absolute Gasteiger partial charge is 0.409 e. The molecule has 1 atom stereocenters. The highest BCUT2D eigenvalue weighted by Gasteiger charge is 2.35. The van der Waals surface area contributed by atoms with Crippen molar-refractivity contribution in [2.24, 2.45) is 10.9 Å². The Morgan fingerprint density at radius 3 is 2.11 bits per heavy atom. The number of hydrogen-bond donors (Lipinski definition) is 1. The number of piperazine rings is 1. The molecule has 1 aliphatic carbocycles. The summed E-state index contributed by atoms with van der Waals surface area (Å²) < 4.78 is 5.82.